The molecule has 1 saturated heterocycles. The number of pyridine rings is 1. The van der Waals surface area contributed by atoms with Crippen molar-refractivity contribution in [2.45, 2.75) is 63.1 Å². The normalized spacial score (nSPS) is 43.8. The molecule has 7 heteroatoms. The number of nitrogens with zero attached hydrogens (tertiary/aromatic N) is 4. The molecule has 1 aromatic heterocycles. The SMILES string of the molecule is C[C@@H]1CN(CC2(C#N)CC2)CCN1c1cccc(C(=O)N[C@H]2C3CC45C(CC24)C[C@]5(O)C3)n1. The summed E-state index contributed by atoms with van der Waals surface area (Å²) in [4.78, 5) is 22.7. The maximum absolute atomic E-state index is 13.2. The first-order valence-corrected chi connectivity index (χ1v) is 12.8. The molecule has 2 N–H and O–H groups in total. The van der Waals surface area contributed by atoms with Crippen LogP contribution in [0.5, 0.6) is 0 Å². The number of aliphatic hydroxyl groups is 1. The van der Waals surface area contributed by atoms with Gasteiger partial charge in [0.15, 0.2) is 0 Å². The number of carbonyl (C=O) groups excluding carboxylic acids is 1. The monoisotopic (exact) mass is 447 g/mol. The molecule has 1 amide bonds. The highest BCUT2D eigenvalue weighted by Gasteiger charge is 2.83. The van der Waals surface area contributed by atoms with Gasteiger partial charge in [-0.1, -0.05) is 6.07 Å². The zero-order valence-electron chi connectivity index (χ0n) is 19.3. The number of rotatable bonds is 5. The molecular weight excluding hydrogens is 414 g/mol. The van der Waals surface area contributed by atoms with E-state index in [1.165, 1.54) is 0 Å². The maximum Gasteiger partial charge on any atom is 0.270 e. The highest BCUT2D eigenvalue weighted by molar-refractivity contribution is 5.93. The Morgan fingerprint density at radius 2 is 2.15 bits per heavy atom. The molecule has 1 spiro atoms. The van der Waals surface area contributed by atoms with Gasteiger partial charge in [-0.3, -0.25) is 9.69 Å². The molecular formula is C26H33N5O2. The highest BCUT2D eigenvalue weighted by Crippen LogP contribution is 2.82. The summed E-state index contributed by atoms with van der Waals surface area (Å²) < 4.78 is 0. The van der Waals surface area contributed by atoms with Gasteiger partial charge in [0, 0.05) is 43.7 Å². The number of amides is 1. The maximum atomic E-state index is 13.2. The predicted molar refractivity (Wildman–Crippen MR) is 122 cm³/mol. The van der Waals surface area contributed by atoms with Gasteiger partial charge in [-0.05, 0) is 75.3 Å². The minimum absolute atomic E-state index is 0.0758. The molecule has 0 aromatic carbocycles. The van der Waals surface area contributed by atoms with Crippen molar-refractivity contribution >= 4 is 11.7 Å². The Labute approximate surface area is 195 Å². The second-order valence-corrected chi connectivity index (χ2v) is 12.0. The number of hydrogen-bond donors (Lipinski definition) is 2. The zero-order chi connectivity index (χ0) is 22.6. The lowest BCUT2D eigenvalue weighted by atomic mass is 9.36. The summed E-state index contributed by atoms with van der Waals surface area (Å²) in [5.74, 6) is 2.33. The lowest BCUT2D eigenvalue weighted by Crippen LogP contribution is -2.74. The molecule has 174 valence electrons. The van der Waals surface area contributed by atoms with Crippen molar-refractivity contribution in [3.8, 4) is 6.07 Å². The van der Waals surface area contributed by atoms with Crippen LogP contribution in [-0.2, 0) is 0 Å². The van der Waals surface area contributed by atoms with Crippen molar-refractivity contribution in [2.24, 2.45) is 28.6 Å². The third kappa shape index (κ3) is 2.62. The van der Waals surface area contributed by atoms with Gasteiger partial charge in [-0.2, -0.15) is 5.26 Å². The third-order valence-electron chi connectivity index (χ3n) is 10.4. The van der Waals surface area contributed by atoms with E-state index in [1.54, 1.807) is 0 Å². The molecule has 7 rings (SSSR count). The van der Waals surface area contributed by atoms with Crippen LogP contribution in [0.4, 0.5) is 5.82 Å². The Hall–Kier alpha value is -2.17. The number of hydrogen-bond acceptors (Lipinski definition) is 6. The van der Waals surface area contributed by atoms with E-state index < -0.39 is 5.60 Å². The summed E-state index contributed by atoms with van der Waals surface area (Å²) in [5.41, 5.74) is 0.0657. The second kappa shape index (κ2) is 6.49. The number of aromatic nitrogens is 1. The van der Waals surface area contributed by atoms with E-state index in [0.29, 0.717) is 23.4 Å². The van der Waals surface area contributed by atoms with Crippen molar-refractivity contribution in [2.75, 3.05) is 31.1 Å². The van der Waals surface area contributed by atoms with Crippen LogP contribution in [0.1, 0.15) is 55.9 Å². The van der Waals surface area contributed by atoms with Gasteiger partial charge < -0.3 is 15.3 Å². The van der Waals surface area contributed by atoms with Crippen molar-refractivity contribution in [1.82, 2.24) is 15.2 Å². The third-order valence-corrected chi connectivity index (χ3v) is 10.4. The van der Waals surface area contributed by atoms with Gasteiger partial charge in [0.1, 0.15) is 11.5 Å². The van der Waals surface area contributed by atoms with Gasteiger partial charge in [0.25, 0.3) is 5.91 Å². The van der Waals surface area contributed by atoms with Crippen molar-refractivity contribution in [3.05, 3.63) is 23.9 Å². The minimum atomic E-state index is -0.435. The first kappa shape index (κ1) is 20.2. The topological polar surface area (TPSA) is 92.5 Å². The number of nitrogens with one attached hydrogen (secondary N) is 1. The van der Waals surface area contributed by atoms with Crippen LogP contribution >= 0.6 is 0 Å². The molecule has 6 fully saturated rings. The fourth-order valence-electron chi connectivity index (χ4n) is 8.65. The molecule has 2 bridgehead atoms. The molecule has 5 saturated carbocycles. The van der Waals surface area contributed by atoms with Crippen LogP contribution in [-0.4, -0.2) is 64.8 Å². The summed E-state index contributed by atoms with van der Waals surface area (Å²) >= 11 is 0. The predicted octanol–water partition coefficient (Wildman–Crippen LogP) is 2.18. The Kier molecular flexibility index (Phi) is 3.97. The van der Waals surface area contributed by atoms with Crippen LogP contribution in [0.15, 0.2) is 18.2 Å². The Balaban J connectivity index is 1.02. The molecule has 6 aliphatic rings. The van der Waals surface area contributed by atoms with Crippen LogP contribution < -0.4 is 10.2 Å². The summed E-state index contributed by atoms with van der Waals surface area (Å²) in [5, 5.41) is 23.7. The Bertz CT molecular complexity index is 1070. The number of anilines is 1. The number of fused-ring (bicyclic) bond motifs is 1. The van der Waals surface area contributed by atoms with Gasteiger partial charge in [0.05, 0.1) is 17.1 Å². The summed E-state index contributed by atoms with van der Waals surface area (Å²) in [6.07, 6.45) is 6.14. The van der Waals surface area contributed by atoms with E-state index >= 15 is 0 Å². The highest BCUT2D eigenvalue weighted by atomic mass is 16.3. The van der Waals surface area contributed by atoms with E-state index in [9.17, 15) is 15.2 Å². The molecule has 1 aromatic rings. The lowest BCUT2D eigenvalue weighted by molar-refractivity contribution is -0.288. The van der Waals surface area contributed by atoms with E-state index in [4.69, 9.17) is 4.98 Å². The molecule has 7 nitrogen and oxygen atoms in total. The van der Waals surface area contributed by atoms with Gasteiger partial charge in [-0.25, -0.2) is 4.98 Å². The number of nitriles is 1. The van der Waals surface area contributed by atoms with Gasteiger partial charge in [0.2, 0.25) is 0 Å². The molecule has 7 atom stereocenters. The molecule has 2 heterocycles. The smallest absolute Gasteiger partial charge is 0.270 e. The van der Waals surface area contributed by atoms with Gasteiger partial charge >= 0.3 is 0 Å². The largest absolute Gasteiger partial charge is 0.389 e. The summed E-state index contributed by atoms with van der Waals surface area (Å²) in [6, 6.07) is 8.74. The second-order valence-electron chi connectivity index (χ2n) is 12.0. The van der Waals surface area contributed by atoms with E-state index in [1.807, 2.05) is 18.2 Å². The van der Waals surface area contributed by atoms with E-state index in [-0.39, 0.29) is 28.8 Å². The van der Waals surface area contributed by atoms with Crippen molar-refractivity contribution in [3.63, 3.8) is 0 Å². The first-order valence-electron chi connectivity index (χ1n) is 12.8. The van der Waals surface area contributed by atoms with Crippen LogP contribution in [0.3, 0.4) is 0 Å². The average molecular weight is 448 g/mol. The molecule has 33 heavy (non-hydrogen) atoms. The Morgan fingerprint density at radius 1 is 1.30 bits per heavy atom. The quantitative estimate of drug-likeness (QED) is 0.719. The van der Waals surface area contributed by atoms with Crippen molar-refractivity contribution in [1.29, 1.82) is 5.26 Å². The fraction of sp³-hybridized carbons (Fsp3) is 0.731. The first-order chi connectivity index (χ1) is 15.9. The lowest BCUT2D eigenvalue weighted by Gasteiger charge is -2.71. The number of piperazine rings is 1. The van der Waals surface area contributed by atoms with E-state index in [0.717, 1.165) is 70.5 Å². The zero-order valence-corrected chi connectivity index (χ0v) is 19.3. The van der Waals surface area contributed by atoms with Gasteiger partial charge in [-0.15, -0.1) is 0 Å². The minimum Gasteiger partial charge on any atom is -0.389 e. The van der Waals surface area contributed by atoms with Crippen LogP contribution in [0.2, 0.25) is 0 Å². The van der Waals surface area contributed by atoms with Crippen LogP contribution in [0, 0.1) is 39.9 Å². The molecule has 0 radical (unpaired) electrons. The fourth-order valence-corrected chi connectivity index (χ4v) is 8.65. The summed E-state index contributed by atoms with van der Waals surface area (Å²) in [6.45, 7) is 5.77. The molecule has 5 aliphatic carbocycles. The molecule has 1 aliphatic heterocycles. The molecule has 4 unspecified atom stereocenters. The Morgan fingerprint density at radius 3 is 2.85 bits per heavy atom. The van der Waals surface area contributed by atoms with Crippen LogP contribution in [0.25, 0.3) is 0 Å². The van der Waals surface area contributed by atoms with Crippen molar-refractivity contribution < 1.29 is 9.90 Å². The summed E-state index contributed by atoms with van der Waals surface area (Å²) in [7, 11) is 0. The standard InChI is InChI=1S/C26H33N5O2/c1-16-13-30(15-24(14-27)5-6-24)7-8-31(16)21-4-2-3-20(28-21)23(32)29-22-17-10-25(33)12-18-9-19(22)26(18,25)11-17/h2-4,16-19,22,33H,5-13,15H2,1H3,(H,29,32)/t16-,17?,18?,19?,22+,25-,26?/m1/s1. The average Bonchev–Trinajstić information content (AvgIpc) is 3.43. The number of carbonyl (C=O) groups is 1. The van der Waals surface area contributed by atoms with E-state index in [2.05, 4.69) is 28.1 Å².